The molecule has 3 heterocycles. The summed E-state index contributed by atoms with van der Waals surface area (Å²) < 4.78 is 10.4. The molecule has 0 aromatic carbocycles. The van der Waals surface area contributed by atoms with Crippen LogP contribution in [0.1, 0.15) is 26.2 Å². The second-order valence-electron chi connectivity index (χ2n) is 6.15. The fraction of sp³-hybridized carbons (Fsp3) is 0.857. The molecule has 3 saturated heterocycles. The van der Waals surface area contributed by atoms with Gasteiger partial charge >= 0.3 is 6.03 Å². The van der Waals surface area contributed by atoms with Gasteiger partial charge in [0.1, 0.15) is 5.54 Å². The molecular formula is C14H22N2O5. The predicted octanol–water partition coefficient (Wildman–Crippen LogP) is -0.0305. The van der Waals surface area contributed by atoms with Gasteiger partial charge in [-0.3, -0.25) is 9.69 Å². The summed E-state index contributed by atoms with van der Waals surface area (Å²) in [5.41, 5.74) is -0.815. The van der Waals surface area contributed by atoms with Crippen LogP contribution in [0.5, 0.6) is 0 Å². The van der Waals surface area contributed by atoms with E-state index >= 15 is 0 Å². The summed E-state index contributed by atoms with van der Waals surface area (Å²) in [5, 5.41) is 8.94. The van der Waals surface area contributed by atoms with Crippen molar-refractivity contribution in [3.63, 3.8) is 0 Å². The Hall–Kier alpha value is -1.18. The highest BCUT2D eigenvalue weighted by atomic mass is 16.6. The Bertz CT molecular complexity index is 435. The van der Waals surface area contributed by atoms with E-state index in [-0.39, 0.29) is 37.3 Å². The van der Waals surface area contributed by atoms with Crippen LogP contribution in [0.25, 0.3) is 0 Å². The van der Waals surface area contributed by atoms with E-state index in [1.165, 1.54) is 4.90 Å². The highest BCUT2D eigenvalue weighted by Crippen LogP contribution is 2.35. The van der Waals surface area contributed by atoms with Gasteiger partial charge in [-0.15, -0.1) is 0 Å². The van der Waals surface area contributed by atoms with Crippen molar-refractivity contribution < 1.29 is 24.2 Å². The van der Waals surface area contributed by atoms with Crippen LogP contribution in [-0.4, -0.2) is 77.5 Å². The first-order valence-electron chi connectivity index (χ1n) is 7.54. The molecule has 0 spiro atoms. The lowest BCUT2D eigenvalue weighted by Gasteiger charge is -2.31. The summed E-state index contributed by atoms with van der Waals surface area (Å²) in [4.78, 5) is 28.1. The van der Waals surface area contributed by atoms with Gasteiger partial charge in [-0.25, -0.2) is 4.79 Å². The fourth-order valence-electron chi connectivity index (χ4n) is 2.85. The molecule has 0 aromatic rings. The maximum atomic E-state index is 12.7. The van der Waals surface area contributed by atoms with Crippen molar-refractivity contribution in [2.45, 2.75) is 43.9 Å². The minimum Gasteiger partial charge on any atom is -0.396 e. The first kappa shape index (κ1) is 14.7. The van der Waals surface area contributed by atoms with Crippen molar-refractivity contribution in [3.8, 4) is 0 Å². The Kier molecular flexibility index (Phi) is 3.90. The number of amides is 3. The Morgan fingerprint density at radius 2 is 1.95 bits per heavy atom. The number of aliphatic hydroxyl groups is 1. The van der Waals surface area contributed by atoms with Crippen LogP contribution in [0.15, 0.2) is 0 Å². The van der Waals surface area contributed by atoms with E-state index in [0.29, 0.717) is 26.0 Å². The number of aliphatic hydroxyl groups excluding tert-OH is 1. The smallest absolute Gasteiger partial charge is 0.327 e. The fourth-order valence-corrected chi connectivity index (χ4v) is 2.85. The molecule has 1 N–H and O–H groups in total. The van der Waals surface area contributed by atoms with Gasteiger partial charge in [-0.1, -0.05) is 0 Å². The Morgan fingerprint density at radius 1 is 1.29 bits per heavy atom. The molecule has 0 aliphatic carbocycles. The lowest BCUT2D eigenvalue weighted by atomic mass is 9.93. The van der Waals surface area contributed by atoms with Crippen LogP contribution in [0.2, 0.25) is 0 Å². The monoisotopic (exact) mass is 298 g/mol. The minimum absolute atomic E-state index is 0.0323. The molecule has 0 bridgehead atoms. The summed E-state index contributed by atoms with van der Waals surface area (Å²) in [6.45, 7) is 3.93. The van der Waals surface area contributed by atoms with E-state index in [0.717, 1.165) is 13.0 Å². The van der Waals surface area contributed by atoms with Gasteiger partial charge in [0.25, 0.3) is 5.91 Å². The lowest BCUT2D eigenvalue weighted by molar-refractivity contribution is -0.133. The summed E-state index contributed by atoms with van der Waals surface area (Å²) in [6.07, 6.45) is 2.08. The average Bonchev–Trinajstić information content (AvgIpc) is 3.36. The highest BCUT2D eigenvalue weighted by Gasteiger charge is 2.55. The van der Waals surface area contributed by atoms with Crippen molar-refractivity contribution in [3.05, 3.63) is 0 Å². The van der Waals surface area contributed by atoms with Crippen molar-refractivity contribution >= 4 is 11.9 Å². The highest BCUT2D eigenvalue weighted by molar-refractivity contribution is 6.06. The number of hydrogen-bond donors (Lipinski definition) is 1. The molecule has 3 fully saturated rings. The molecule has 3 aliphatic heterocycles. The van der Waals surface area contributed by atoms with E-state index in [4.69, 9.17) is 14.6 Å². The average molecular weight is 298 g/mol. The number of carbonyl (C=O) groups excluding carboxylic acids is 2. The standard InChI is InChI=1S/C14H22N2O5/c1-14(4-3-10-8-20-10)12(18)15(5-2-6-17)13(19)16(14)7-11-9-21-11/h10-11,17H,2-9H2,1H3. The second kappa shape index (κ2) is 5.55. The van der Waals surface area contributed by atoms with Crippen LogP contribution in [-0.2, 0) is 14.3 Å². The third-order valence-electron chi connectivity index (χ3n) is 4.45. The van der Waals surface area contributed by atoms with Crippen LogP contribution in [0, 0.1) is 0 Å². The summed E-state index contributed by atoms with van der Waals surface area (Å²) >= 11 is 0. The number of imide groups is 1. The van der Waals surface area contributed by atoms with Crippen LogP contribution in [0.3, 0.4) is 0 Å². The lowest BCUT2D eigenvalue weighted by Crippen LogP contribution is -2.48. The van der Waals surface area contributed by atoms with Crippen molar-refractivity contribution in [2.75, 3.05) is 32.9 Å². The number of epoxide rings is 2. The Morgan fingerprint density at radius 3 is 2.52 bits per heavy atom. The molecule has 0 radical (unpaired) electrons. The number of rotatable bonds is 8. The number of ether oxygens (including phenoxy) is 2. The van der Waals surface area contributed by atoms with E-state index in [9.17, 15) is 9.59 Å². The molecule has 118 valence electrons. The van der Waals surface area contributed by atoms with Crippen LogP contribution < -0.4 is 0 Å². The summed E-state index contributed by atoms with van der Waals surface area (Å²) in [7, 11) is 0. The topological polar surface area (TPSA) is 85.9 Å². The minimum atomic E-state index is -0.815. The molecule has 3 rings (SSSR count). The zero-order valence-corrected chi connectivity index (χ0v) is 12.3. The SMILES string of the molecule is CC1(CCC2CO2)C(=O)N(CCCO)C(=O)N1CC1CO1. The van der Waals surface area contributed by atoms with E-state index in [2.05, 4.69) is 0 Å². The van der Waals surface area contributed by atoms with Gasteiger partial charge in [-0.2, -0.15) is 0 Å². The number of hydrogen-bond acceptors (Lipinski definition) is 5. The molecule has 7 nitrogen and oxygen atoms in total. The molecule has 0 saturated carbocycles. The molecule has 3 amide bonds. The van der Waals surface area contributed by atoms with Gasteiger partial charge in [0.2, 0.25) is 0 Å². The zero-order chi connectivity index (χ0) is 15.0. The molecule has 0 aromatic heterocycles. The van der Waals surface area contributed by atoms with Crippen molar-refractivity contribution in [2.24, 2.45) is 0 Å². The number of carbonyl (C=O) groups is 2. The molecule has 3 atom stereocenters. The summed E-state index contributed by atoms with van der Waals surface area (Å²) in [6, 6.07) is -0.261. The molecular weight excluding hydrogens is 276 g/mol. The van der Waals surface area contributed by atoms with E-state index in [1.807, 2.05) is 6.92 Å². The van der Waals surface area contributed by atoms with Crippen LogP contribution in [0.4, 0.5) is 4.79 Å². The summed E-state index contributed by atoms with van der Waals surface area (Å²) in [5.74, 6) is -0.165. The molecule has 7 heteroatoms. The van der Waals surface area contributed by atoms with Gasteiger partial charge in [0, 0.05) is 13.2 Å². The molecule has 3 unspecified atom stereocenters. The second-order valence-corrected chi connectivity index (χ2v) is 6.15. The largest absolute Gasteiger partial charge is 0.396 e. The first-order valence-corrected chi connectivity index (χ1v) is 7.54. The van der Waals surface area contributed by atoms with Gasteiger partial charge in [0.15, 0.2) is 0 Å². The number of urea groups is 1. The third kappa shape index (κ3) is 2.90. The maximum Gasteiger partial charge on any atom is 0.327 e. The number of nitrogens with zero attached hydrogens (tertiary/aromatic N) is 2. The van der Waals surface area contributed by atoms with Gasteiger partial charge in [0.05, 0.1) is 32.0 Å². The Labute approximate surface area is 123 Å². The van der Waals surface area contributed by atoms with E-state index in [1.54, 1.807) is 4.90 Å². The molecule has 3 aliphatic rings. The van der Waals surface area contributed by atoms with Crippen molar-refractivity contribution in [1.29, 1.82) is 0 Å². The maximum absolute atomic E-state index is 12.7. The zero-order valence-electron chi connectivity index (χ0n) is 12.3. The van der Waals surface area contributed by atoms with Crippen molar-refractivity contribution in [1.82, 2.24) is 9.80 Å². The molecule has 21 heavy (non-hydrogen) atoms. The van der Waals surface area contributed by atoms with Gasteiger partial charge < -0.3 is 19.5 Å². The predicted molar refractivity (Wildman–Crippen MR) is 72.6 cm³/mol. The quantitative estimate of drug-likeness (QED) is 0.502. The van der Waals surface area contributed by atoms with E-state index < -0.39 is 5.54 Å². The third-order valence-corrected chi connectivity index (χ3v) is 4.45. The van der Waals surface area contributed by atoms with Gasteiger partial charge in [-0.05, 0) is 26.2 Å². The normalized spacial score (nSPS) is 34.8. The first-order chi connectivity index (χ1) is 10.1. The Balaban J connectivity index is 1.74. The van der Waals surface area contributed by atoms with Crippen LogP contribution >= 0.6 is 0 Å².